The molecule has 3 heterocycles. The molecule has 2 aliphatic heterocycles. The first-order valence-corrected chi connectivity index (χ1v) is 12.7. The number of benzene rings is 2. The Balaban J connectivity index is 1.37. The van der Waals surface area contributed by atoms with E-state index >= 15 is 0 Å². The van der Waals surface area contributed by atoms with Crippen molar-refractivity contribution in [2.24, 2.45) is 0 Å². The summed E-state index contributed by atoms with van der Waals surface area (Å²) in [6, 6.07) is 12.3. The van der Waals surface area contributed by atoms with Crippen molar-refractivity contribution in [3.05, 3.63) is 68.7 Å². The molecule has 1 saturated heterocycles. The quantitative estimate of drug-likeness (QED) is 0.475. The van der Waals surface area contributed by atoms with E-state index in [1.165, 1.54) is 11.1 Å². The van der Waals surface area contributed by atoms with Crippen molar-refractivity contribution < 1.29 is 9.90 Å². The van der Waals surface area contributed by atoms with E-state index in [1.807, 2.05) is 12.1 Å². The summed E-state index contributed by atoms with van der Waals surface area (Å²) in [5.41, 5.74) is 3.76. The lowest BCUT2D eigenvalue weighted by atomic mass is 9.83. The van der Waals surface area contributed by atoms with Gasteiger partial charge in [0.2, 0.25) is 0 Å². The lowest BCUT2D eigenvalue weighted by Crippen LogP contribution is -2.34. The van der Waals surface area contributed by atoms with Gasteiger partial charge in [-0.25, -0.2) is 4.79 Å². The molecular weight excluding hydrogens is 464 g/mol. The van der Waals surface area contributed by atoms with Gasteiger partial charge in [0.15, 0.2) is 0 Å². The summed E-state index contributed by atoms with van der Waals surface area (Å²) in [7, 11) is 0. The number of aromatic nitrogens is 2. The van der Waals surface area contributed by atoms with E-state index < -0.39 is 6.09 Å². The van der Waals surface area contributed by atoms with Crippen LogP contribution in [-0.2, 0) is 5.41 Å². The Kier molecular flexibility index (Phi) is 6.32. The molecule has 2 N–H and O–H groups in total. The highest BCUT2D eigenvalue weighted by Gasteiger charge is 2.39. The zero-order valence-corrected chi connectivity index (χ0v) is 20.9. The predicted octanol–water partition coefficient (Wildman–Crippen LogP) is 4.91. The third-order valence-electron chi connectivity index (χ3n) is 7.60. The van der Waals surface area contributed by atoms with E-state index in [9.17, 15) is 9.59 Å². The summed E-state index contributed by atoms with van der Waals surface area (Å²) < 4.78 is 2.13. The number of likely N-dealkylation sites (tertiary alicyclic amines) is 1. The Bertz CT molecular complexity index is 1340. The van der Waals surface area contributed by atoms with E-state index in [4.69, 9.17) is 16.7 Å². The predicted molar refractivity (Wildman–Crippen MR) is 138 cm³/mol. The number of carbonyl (C=O) groups is 1. The standard InChI is InChI=1S/C27H31ClN4O3/c1-27(2)19-9-8-18(17-10-14-31(15-11-17)13-4-3-12-29-26(34)35)16-22(19)32-21-7-5-6-20(28)23(21)24(33)30-25(27)32/h5-9,16-17,29H,3-4,10-15H2,1-2H3,(H,34,35). The van der Waals surface area contributed by atoms with E-state index in [1.54, 1.807) is 6.07 Å². The molecule has 0 spiro atoms. The second-order valence-electron chi connectivity index (χ2n) is 10.2. The number of nitrogens with one attached hydrogen (secondary N) is 1. The highest BCUT2D eigenvalue weighted by atomic mass is 35.5. The molecule has 7 nitrogen and oxygen atoms in total. The molecule has 1 amide bonds. The fourth-order valence-electron chi connectivity index (χ4n) is 5.67. The van der Waals surface area contributed by atoms with Crippen molar-refractivity contribution in [1.29, 1.82) is 0 Å². The molecule has 0 saturated carbocycles. The number of hydrogen-bond donors (Lipinski definition) is 2. The van der Waals surface area contributed by atoms with Crippen LogP contribution in [0.25, 0.3) is 16.6 Å². The van der Waals surface area contributed by atoms with Gasteiger partial charge in [0.05, 0.1) is 27.0 Å². The maximum absolute atomic E-state index is 12.8. The highest BCUT2D eigenvalue weighted by Crippen LogP contribution is 2.44. The third-order valence-corrected chi connectivity index (χ3v) is 7.91. The van der Waals surface area contributed by atoms with Crippen LogP contribution in [0.2, 0.25) is 5.02 Å². The Morgan fingerprint density at radius 1 is 1.20 bits per heavy atom. The lowest BCUT2D eigenvalue weighted by Gasteiger charge is -2.32. The summed E-state index contributed by atoms with van der Waals surface area (Å²) in [6.45, 7) is 7.85. The minimum atomic E-state index is -0.954. The second-order valence-corrected chi connectivity index (χ2v) is 10.6. The highest BCUT2D eigenvalue weighted by molar-refractivity contribution is 6.35. The largest absolute Gasteiger partial charge is 0.465 e. The number of fused-ring (bicyclic) bond motifs is 5. The smallest absolute Gasteiger partial charge is 0.404 e. The van der Waals surface area contributed by atoms with Crippen LogP contribution in [0.3, 0.4) is 0 Å². The monoisotopic (exact) mass is 494 g/mol. The van der Waals surface area contributed by atoms with Crippen molar-refractivity contribution in [3.8, 4) is 5.69 Å². The van der Waals surface area contributed by atoms with Crippen LogP contribution >= 0.6 is 11.6 Å². The molecule has 8 heteroatoms. The fourth-order valence-corrected chi connectivity index (χ4v) is 5.92. The van der Waals surface area contributed by atoms with Crippen LogP contribution in [0.15, 0.2) is 41.2 Å². The minimum Gasteiger partial charge on any atom is -0.465 e. The van der Waals surface area contributed by atoms with Crippen molar-refractivity contribution in [2.45, 2.75) is 50.9 Å². The number of hydrogen-bond acceptors (Lipinski definition) is 4. The number of unbranched alkanes of at least 4 members (excludes halogenated alkanes) is 1. The summed E-state index contributed by atoms with van der Waals surface area (Å²) >= 11 is 6.41. The van der Waals surface area contributed by atoms with Gasteiger partial charge < -0.3 is 15.3 Å². The minimum absolute atomic E-state index is 0.274. The lowest BCUT2D eigenvalue weighted by molar-refractivity contribution is 0.192. The molecule has 184 valence electrons. The molecule has 0 radical (unpaired) electrons. The van der Waals surface area contributed by atoms with E-state index in [0.29, 0.717) is 22.9 Å². The Morgan fingerprint density at radius 3 is 2.71 bits per heavy atom. The van der Waals surface area contributed by atoms with Gasteiger partial charge in [-0.05, 0) is 94.4 Å². The zero-order valence-electron chi connectivity index (χ0n) is 20.2. The van der Waals surface area contributed by atoms with Crippen molar-refractivity contribution in [2.75, 3.05) is 26.2 Å². The molecule has 0 aliphatic carbocycles. The maximum Gasteiger partial charge on any atom is 0.404 e. The average molecular weight is 495 g/mol. The number of nitrogens with zero attached hydrogens (tertiary/aromatic N) is 3. The van der Waals surface area contributed by atoms with Crippen molar-refractivity contribution >= 4 is 28.6 Å². The summed E-state index contributed by atoms with van der Waals surface area (Å²) in [5, 5.41) is 12.0. The topological polar surface area (TPSA) is 87.5 Å². The molecule has 0 unspecified atom stereocenters. The molecule has 1 fully saturated rings. The van der Waals surface area contributed by atoms with Crippen molar-refractivity contribution in [1.82, 2.24) is 19.8 Å². The molecular formula is C27H31ClN4O3. The van der Waals surface area contributed by atoms with E-state index in [-0.39, 0.29) is 11.0 Å². The summed E-state index contributed by atoms with van der Waals surface area (Å²) in [6.07, 6.45) is 3.09. The molecule has 0 atom stereocenters. The maximum atomic E-state index is 12.8. The van der Waals surface area contributed by atoms with Gasteiger partial charge in [-0.2, -0.15) is 4.98 Å². The van der Waals surface area contributed by atoms with Crippen LogP contribution in [0, 0.1) is 0 Å². The van der Waals surface area contributed by atoms with Gasteiger partial charge in [-0.15, -0.1) is 0 Å². The second kappa shape index (κ2) is 9.28. The number of carboxylic acid groups (broad SMARTS) is 1. The van der Waals surface area contributed by atoms with Crippen LogP contribution in [0.1, 0.15) is 62.4 Å². The summed E-state index contributed by atoms with van der Waals surface area (Å²) in [5.74, 6) is 1.25. The first-order valence-electron chi connectivity index (χ1n) is 12.3. The molecule has 35 heavy (non-hydrogen) atoms. The van der Waals surface area contributed by atoms with Crippen molar-refractivity contribution in [3.63, 3.8) is 0 Å². The zero-order chi connectivity index (χ0) is 24.7. The first kappa shape index (κ1) is 23.8. The van der Waals surface area contributed by atoms with E-state index in [2.05, 4.69) is 51.8 Å². The summed E-state index contributed by atoms with van der Waals surface area (Å²) in [4.78, 5) is 30.4. The third kappa shape index (κ3) is 4.32. The number of piperidine rings is 1. The fraction of sp³-hybridized carbons (Fsp3) is 0.444. The Morgan fingerprint density at radius 2 is 1.97 bits per heavy atom. The molecule has 0 bridgehead atoms. The molecule has 1 aromatic heterocycles. The first-order chi connectivity index (χ1) is 16.8. The number of rotatable bonds is 6. The Hall–Kier alpha value is -2.90. The Labute approximate surface area is 209 Å². The van der Waals surface area contributed by atoms with Crippen LogP contribution in [0.4, 0.5) is 4.79 Å². The van der Waals surface area contributed by atoms with Gasteiger partial charge in [-0.1, -0.05) is 29.8 Å². The van der Waals surface area contributed by atoms with Crippen LogP contribution in [-0.4, -0.2) is 51.8 Å². The normalized spacial score (nSPS) is 17.3. The SMILES string of the molecule is CC1(C)c2ccc(C3CCN(CCCCNC(=O)O)CC3)cc2-n2c1nc(=O)c1c(Cl)cccc12. The van der Waals surface area contributed by atoms with Gasteiger partial charge in [0, 0.05) is 6.54 Å². The van der Waals surface area contributed by atoms with Gasteiger partial charge in [-0.3, -0.25) is 9.36 Å². The average Bonchev–Trinajstić information content (AvgIpc) is 3.05. The van der Waals surface area contributed by atoms with E-state index in [0.717, 1.165) is 62.3 Å². The molecule has 3 aromatic rings. The van der Waals surface area contributed by atoms with Gasteiger partial charge in [0.1, 0.15) is 5.82 Å². The van der Waals surface area contributed by atoms with Crippen LogP contribution in [0.5, 0.6) is 0 Å². The number of halogens is 1. The van der Waals surface area contributed by atoms with Crippen LogP contribution < -0.4 is 10.9 Å². The number of amides is 1. The molecule has 2 aliphatic rings. The van der Waals surface area contributed by atoms with Gasteiger partial charge in [0.25, 0.3) is 5.56 Å². The van der Waals surface area contributed by atoms with Gasteiger partial charge >= 0.3 is 6.09 Å². The molecule has 5 rings (SSSR count). The molecule has 2 aromatic carbocycles.